The number of imide groups is 1. The van der Waals surface area contributed by atoms with E-state index in [9.17, 15) is 14.4 Å². The summed E-state index contributed by atoms with van der Waals surface area (Å²) in [5.74, 6) is -0.183. The van der Waals surface area contributed by atoms with Crippen LogP contribution in [-0.4, -0.2) is 17.8 Å². The van der Waals surface area contributed by atoms with Crippen molar-refractivity contribution < 1.29 is 19.1 Å². The molecular weight excluding hydrogens is 294 g/mol. The van der Waals surface area contributed by atoms with Crippen LogP contribution >= 0.6 is 0 Å². The number of allylic oxidation sites excluding steroid dienone is 2. The topological polar surface area (TPSA) is 63.7 Å². The fourth-order valence-corrected chi connectivity index (χ4v) is 4.25. The number of nitrogens with zero attached hydrogens (tertiary/aromatic N) is 1. The number of amides is 2. The Morgan fingerprint density at radius 2 is 1.74 bits per heavy atom. The van der Waals surface area contributed by atoms with E-state index in [4.69, 9.17) is 4.74 Å². The van der Waals surface area contributed by atoms with Crippen LogP contribution in [0.25, 0.3) is 0 Å². The van der Waals surface area contributed by atoms with Gasteiger partial charge in [-0.3, -0.25) is 14.4 Å². The number of carbonyl (C=O) groups is 3. The molecule has 5 nitrogen and oxygen atoms in total. The summed E-state index contributed by atoms with van der Waals surface area (Å²) in [6, 6.07) is 4.98. The highest BCUT2D eigenvalue weighted by Crippen LogP contribution is 2.53. The first-order valence-corrected chi connectivity index (χ1v) is 7.82. The number of benzene rings is 1. The van der Waals surface area contributed by atoms with Crippen molar-refractivity contribution in [3.8, 4) is 5.75 Å². The van der Waals surface area contributed by atoms with Gasteiger partial charge in [-0.1, -0.05) is 12.2 Å². The summed E-state index contributed by atoms with van der Waals surface area (Å²) in [5, 5.41) is 0. The van der Waals surface area contributed by atoms with E-state index in [1.165, 1.54) is 11.8 Å². The molecule has 1 saturated carbocycles. The number of fused-ring (bicyclic) bond motifs is 5. The van der Waals surface area contributed by atoms with Gasteiger partial charge in [0.2, 0.25) is 11.8 Å². The van der Waals surface area contributed by atoms with E-state index < -0.39 is 5.97 Å². The first-order chi connectivity index (χ1) is 11.0. The second kappa shape index (κ2) is 4.78. The first-order valence-electron chi connectivity index (χ1n) is 7.82. The molecule has 1 aliphatic heterocycles. The third-order valence-corrected chi connectivity index (χ3v) is 5.14. The largest absolute Gasteiger partial charge is 0.427 e. The Morgan fingerprint density at radius 1 is 1.13 bits per heavy atom. The molecule has 2 amide bonds. The van der Waals surface area contributed by atoms with Crippen LogP contribution in [0.15, 0.2) is 30.4 Å². The van der Waals surface area contributed by atoms with Gasteiger partial charge in [0, 0.05) is 6.92 Å². The van der Waals surface area contributed by atoms with E-state index >= 15 is 0 Å². The number of ether oxygens (including phenoxy) is 1. The summed E-state index contributed by atoms with van der Waals surface area (Å²) in [6.07, 6.45) is 5.08. The summed E-state index contributed by atoms with van der Waals surface area (Å²) in [5.41, 5.74) is 1.33. The molecule has 2 bridgehead atoms. The zero-order chi connectivity index (χ0) is 16.3. The standard InChI is InChI=1S/C18H17NO4/c1-9-7-13(23-10(2)20)5-6-14(9)19-17(21)15-11-3-4-12(8-11)16(15)18(19)22/h3-7,11-12,15-16H,8H2,1-2H3/t11-,12+,15-,16-/m0/s1. The van der Waals surface area contributed by atoms with E-state index in [1.54, 1.807) is 18.2 Å². The van der Waals surface area contributed by atoms with Crippen LogP contribution in [0.1, 0.15) is 18.9 Å². The van der Waals surface area contributed by atoms with Gasteiger partial charge in [-0.05, 0) is 48.9 Å². The lowest BCUT2D eigenvalue weighted by atomic mass is 9.85. The number of anilines is 1. The lowest BCUT2D eigenvalue weighted by Gasteiger charge is -2.19. The van der Waals surface area contributed by atoms with Gasteiger partial charge in [0.05, 0.1) is 17.5 Å². The number of esters is 1. The number of hydrogen-bond acceptors (Lipinski definition) is 4. The van der Waals surface area contributed by atoms with Gasteiger partial charge in [0.1, 0.15) is 5.75 Å². The Hall–Kier alpha value is -2.43. The molecule has 5 heteroatoms. The van der Waals surface area contributed by atoms with Crippen molar-refractivity contribution in [1.29, 1.82) is 0 Å². The Kier molecular flexibility index (Phi) is 2.95. The van der Waals surface area contributed by atoms with E-state index in [-0.39, 0.29) is 35.5 Å². The first kappa shape index (κ1) is 14.2. The molecule has 0 radical (unpaired) electrons. The third kappa shape index (κ3) is 1.96. The van der Waals surface area contributed by atoms with Crippen molar-refractivity contribution in [2.75, 3.05) is 4.90 Å². The minimum absolute atomic E-state index is 0.0970. The predicted molar refractivity (Wildman–Crippen MR) is 82.7 cm³/mol. The summed E-state index contributed by atoms with van der Waals surface area (Å²) in [7, 11) is 0. The highest BCUT2D eigenvalue weighted by molar-refractivity contribution is 6.23. The molecule has 4 atom stereocenters. The molecule has 1 heterocycles. The number of carbonyl (C=O) groups excluding carboxylic acids is 3. The molecule has 0 aromatic heterocycles. The van der Waals surface area contributed by atoms with Crippen LogP contribution < -0.4 is 9.64 Å². The van der Waals surface area contributed by atoms with Gasteiger partial charge >= 0.3 is 5.97 Å². The van der Waals surface area contributed by atoms with E-state index in [0.29, 0.717) is 11.4 Å². The number of aryl methyl sites for hydroxylation is 1. The lowest BCUT2D eigenvalue weighted by molar-refractivity contribution is -0.132. The molecular formula is C18H17NO4. The average Bonchev–Trinajstić information content (AvgIpc) is 3.14. The van der Waals surface area contributed by atoms with Crippen LogP contribution in [0.3, 0.4) is 0 Å². The third-order valence-electron chi connectivity index (χ3n) is 5.14. The Labute approximate surface area is 133 Å². The molecule has 118 valence electrons. The molecule has 3 aliphatic rings. The maximum Gasteiger partial charge on any atom is 0.308 e. The summed E-state index contributed by atoms with van der Waals surface area (Å²) < 4.78 is 5.05. The quantitative estimate of drug-likeness (QED) is 0.364. The fourth-order valence-electron chi connectivity index (χ4n) is 4.25. The van der Waals surface area contributed by atoms with Crippen molar-refractivity contribution >= 4 is 23.5 Å². The van der Waals surface area contributed by atoms with Gasteiger partial charge in [-0.2, -0.15) is 0 Å². The zero-order valence-electron chi connectivity index (χ0n) is 13.0. The minimum Gasteiger partial charge on any atom is -0.427 e. The molecule has 4 rings (SSSR count). The molecule has 1 aromatic rings. The SMILES string of the molecule is CC(=O)Oc1ccc(N2C(=O)[C@@H]3[C@@H](C2=O)[C@H]2C=C[C@@H]3C2)c(C)c1. The van der Waals surface area contributed by atoms with Crippen molar-refractivity contribution in [1.82, 2.24) is 0 Å². The van der Waals surface area contributed by atoms with Crippen molar-refractivity contribution in [3.63, 3.8) is 0 Å². The molecule has 2 fully saturated rings. The van der Waals surface area contributed by atoms with Gasteiger partial charge in [0.25, 0.3) is 0 Å². The van der Waals surface area contributed by atoms with Crippen molar-refractivity contribution in [2.24, 2.45) is 23.7 Å². The molecule has 1 aromatic carbocycles. The van der Waals surface area contributed by atoms with Crippen LogP contribution in [-0.2, 0) is 14.4 Å². The van der Waals surface area contributed by atoms with E-state index in [1.807, 2.05) is 6.92 Å². The van der Waals surface area contributed by atoms with Gasteiger partial charge in [-0.15, -0.1) is 0 Å². The summed E-state index contributed by atoms with van der Waals surface area (Å²) in [4.78, 5) is 37.9. The minimum atomic E-state index is -0.400. The van der Waals surface area contributed by atoms with Gasteiger partial charge < -0.3 is 4.74 Å². The summed E-state index contributed by atoms with van der Waals surface area (Å²) >= 11 is 0. The predicted octanol–water partition coefficient (Wildman–Crippen LogP) is 2.23. The number of rotatable bonds is 2. The molecule has 0 unspecified atom stereocenters. The molecule has 1 saturated heterocycles. The monoisotopic (exact) mass is 311 g/mol. The number of hydrogen-bond donors (Lipinski definition) is 0. The molecule has 0 N–H and O–H groups in total. The maximum absolute atomic E-state index is 12.8. The van der Waals surface area contributed by atoms with Gasteiger partial charge in [0.15, 0.2) is 0 Å². The zero-order valence-corrected chi connectivity index (χ0v) is 13.0. The normalized spacial score (nSPS) is 31.0. The highest BCUT2D eigenvalue weighted by Gasteiger charge is 2.59. The maximum atomic E-state index is 12.8. The Morgan fingerprint density at radius 3 is 2.26 bits per heavy atom. The smallest absolute Gasteiger partial charge is 0.308 e. The second-order valence-electron chi connectivity index (χ2n) is 6.55. The molecule has 2 aliphatic carbocycles. The van der Waals surface area contributed by atoms with Crippen LogP contribution in [0.5, 0.6) is 5.75 Å². The van der Waals surface area contributed by atoms with Gasteiger partial charge in [-0.25, -0.2) is 4.90 Å². The fraction of sp³-hybridized carbons (Fsp3) is 0.389. The average molecular weight is 311 g/mol. The van der Waals surface area contributed by atoms with Crippen LogP contribution in [0, 0.1) is 30.6 Å². The molecule has 23 heavy (non-hydrogen) atoms. The Bertz CT molecular complexity index is 736. The Balaban J connectivity index is 1.68. The second-order valence-corrected chi connectivity index (χ2v) is 6.55. The molecule has 0 spiro atoms. The van der Waals surface area contributed by atoms with Crippen LogP contribution in [0.4, 0.5) is 5.69 Å². The lowest BCUT2D eigenvalue weighted by Crippen LogP contribution is -2.33. The highest BCUT2D eigenvalue weighted by atomic mass is 16.5. The van der Waals surface area contributed by atoms with E-state index in [2.05, 4.69) is 12.2 Å². The van der Waals surface area contributed by atoms with Crippen LogP contribution in [0.2, 0.25) is 0 Å². The van der Waals surface area contributed by atoms with Crippen molar-refractivity contribution in [2.45, 2.75) is 20.3 Å². The van der Waals surface area contributed by atoms with E-state index in [0.717, 1.165) is 12.0 Å². The summed E-state index contributed by atoms with van der Waals surface area (Å²) in [6.45, 7) is 3.14. The van der Waals surface area contributed by atoms with Crippen molar-refractivity contribution in [3.05, 3.63) is 35.9 Å².